The Hall–Kier alpha value is -2.54. The van der Waals surface area contributed by atoms with Gasteiger partial charge in [0.15, 0.2) is 0 Å². The number of carbonyl (C=O) groups is 1. The molecule has 1 aliphatic rings. The molecule has 0 atom stereocenters. The molecule has 140 valence electrons. The fourth-order valence-corrected chi connectivity index (χ4v) is 3.26. The summed E-state index contributed by atoms with van der Waals surface area (Å²) >= 11 is 0. The Morgan fingerprint density at radius 1 is 1.27 bits per heavy atom. The molecule has 0 unspecified atom stereocenters. The molecule has 0 saturated carbocycles. The summed E-state index contributed by atoms with van der Waals surface area (Å²) in [6.45, 7) is 2.27. The zero-order valence-electron chi connectivity index (χ0n) is 15.6. The molecule has 1 aromatic heterocycles. The minimum absolute atomic E-state index is 0.00946. The maximum Gasteiger partial charge on any atom is 0.257 e. The Balaban J connectivity index is 1.55. The zero-order valence-corrected chi connectivity index (χ0v) is 15.6. The van der Waals surface area contributed by atoms with Crippen LogP contribution in [0.15, 0.2) is 30.6 Å². The Morgan fingerprint density at radius 2 is 2.04 bits per heavy atom. The molecule has 1 saturated heterocycles. The van der Waals surface area contributed by atoms with Gasteiger partial charge >= 0.3 is 0 Å². The van der Waals surface area contributed by atoms with E-state index in [2.05, 4.69) is 10.4 Å². The van der Waals surface area contributed by atoms with Gasteiger partial charge < -0.3 is 19.7 Å². The van der Waals surface area contributed by atoms with E-state index in [1.807, 2.05) is 24.3 Å². The number of hydrogen-bond acceptors (Lipinski definition) is 5. The van der Waals surface area contributed by atoms with Gasteiger partial charge in [-0.25, -0.2) is 0 Å². The van der Waals surface area contributed by atoms with E-state index in [0.29, 0.717) is 23.1 Å². The highest BCUT2D eigenvalue weighted by Gasteiger charge is 2.25. The highest BCUT2D eigenvalue weighted by molar-refractivity contribution is 5.97. The molecule has 2 heterocycles. The molecular formula is C19H26N4O3. The van der Waals surface area contributed by atoms with Crippen molar-refractivity contribution in [2.24, 2.45) is 7.05 Å². The van der Waals surface area contributed by atoms with Crippen molar-refractivity contribution in [3.63, 3.8) is 0 Å². The summed E-state index contributed by atoms with van der Waals surface area (Å²) in [4.78, 5) is 14.7. The van der Waals surface area contributed by atoms with E-state index in [9.17, 15) is 4.79 Å². The van der Waals surface area contributed by atoms with E-state index in [4.69, 9.17) is 9.47 Å². The molecular weight excluding hydrogens is 332 g/mol. The fraction of sp³-hybridized carbons (Fsp3) is 0.474. The molecule has 1 fully saturated rings. The van der Waals surface area contributed by atoms with Gasteiger partial charge in [-0.15, -0.1) is 0 Å². The first-order valence-corrected chi connectivity index (χ1v) is 8.83. The van der Waals surface area contributed by atoms with Crippen LogP contribution in [0.1, 0.15) is 28.8 Å². The van der Waals surface area contributed by atoms with E-state index >= 15 is 0 Å². The number of aryl methyl sites for hydroxylation is 1. The lowest BCUT2D eigenvalue weighted by Gasteiger charge is -2.32. The van der Waals surface area contributed by atoms with Crippen LogP contribution in [0.25, 0.3) is 0 Å². The van der Waals surface area contributed by atoms with Crippen molar-refractivity contribution in [3.05, 3.63) is 41.7 Å². The number of amides is 1. The van der Waals surface area contributed by atoms with Crippen LogP contribution in [0, 0.1) is 0 Å². The molecule has 7 heteroatoms. The maximum atomic E-state index is 12.8. The van der Waals surface area contributed by atoms with Crippen molar-refractivity contribution in [1.29, 1.82) is 0 Å². The normalized spacial score (nSPS) is 15.1. The first kappa shape index (κ1) is 18.3. The predicted molar refractivity (Wildman–Crippen MR) is 98.5 cm³/mol. The topological polar surface area (TPSA) is 68.6 Å². The van der Waals surface area contributed by atoms with Gasteiger partial charge in [0.1, 0.15) is 11.5 Å². The van der Waals surface area contributed by atoms with Crippen molar-refractivity contribution in [3.8, 4) is 11.5 Å². The molecule has 0 bridgehead atoms. The molecule has 1 N–H and O–H groups in total. The summed E-state index contributed by atoms with van der Waals surface area (Å²) in [5, 5.41) is 7.74. The average molecular weight is 358 g/mol. The summed E-state index contributed by atoms with van der Waals surface area (Å²) in [6, 6.07) is 5.72. The fourth-order valence-electron chi connectivity index (χ4n) is 3.26. The van der Waals surface area contributed by atoms with Gasteiger partial charge in [0.25, 0.3) is 5.91 Å². The number of methoxy groups -OCH3 is 2. The number of nitrogens with zero attached hydrogens (tertiary/aromatic N) is 3. The number of ether oxygens (including phenoxy) is 2. The van der Waals surface area contributed by atoms with Gasteiger partial charge in [-0.1, -0.05) is 0 Å². The van der Waals surface area contributed by atoms with E-state index in [-0.39, 0.29) is 5.91 Å². The molecule has 2 aromatic rings. The van der Waals surface area contributed by atoms with Gasteiger partial charge in [-0.3, -0.25) is 9.48 Å². The monoisotopic (exact) mass is 358 g/mol. The Kier molecular flexibility index (Phi) is 5.78. The Labute approximate surface area is 153 Å². The van der Waals surface area contributed by atoms with E-state index < -0.39 is 0 Å². The van der Waals surface area contributed by atoms with Crippen LogP contribution in [0.3, 0.4) is 0 Å². The van der Waals surface area contributed by atoms with Crippen molar-refractivity contribution in [1.82, 2.24) is 20.0 Å². The molecule has 0 radical (unpaired) electrons. The number of likely N-dealkylation sites (tertiary alicyclic amines) is 1. The van der Waals surface area contributed by atoms with Crippen molar-refractivity contribution < 1.29 is 14.3 Å². The summed E-state index contributed by atoms with van der Waals surface area (Å²) in [7, 11) is 5.08. The summed E-state index contributed by atoms with van der Waals surface area (Å²) in [5.41, 5.74) is 1.75. The molecule has 1 amide bonds. The smallest absolute Gasteiger partial charge is 0.257 e. The quantitative estimate of drug-likeness (QED) is 0.853. The third-order valence-corrected chi connectivity index (χ3v) is 4.77. The maximum absolute atomic E-state index is 12.8. The van der Waals surface area contributed by atoms with Crippen molar-refractivity contribution >= 4 is 5.91 Å². The van der Waals surface area contributed by atoms with E-state index in [0.717, 1.165) is 32.5 Å². The number of nitrogens with one attached hydrogen (secondary N) is 1. The minimum Gasteiger partial charge on any atom is -0.497 e. The number of carbonyl (C=O) groups excluding carboxylic acids is 1. The number of rotatable bonds is 6. The number of piperidine rings is 1. The number of hydrogen-bond donors (Lipinski definition) is 1. The lowest BCUT2D eigenvalue weighted by atomic mass is 10.0. The first-order chi connectivity index (χ1) is 12.6. The van der Waals surface area contributed by atoms with Gasteiger partial charge in [0.2, 0.25) is 0 Å². The molecule has 0 aliphatic carbocycles. The summed E-state index contributed by atoms with van der Waals surface area (Å²) in [6.07, 6.45) is 5.76. The van der Waals surface area contributed by atoms with Crippen LogP contribution < -0.4 is 14.8 Å². The summed E-state index contributed by atoms with van der Waals surface area (Å²) < 4.78 is 12.4. The molecule has 0 spiro atoms. The summed E-state index contributed by atoms with van der Waals surface area (Å²) in [5.74, 6) is 1.23. The molecule has 7 nitrogen and oxygen atoms in total. The highest BCUT2D eigenvalue weighted by Crippen LogP contribution is 2.26. The predicted octanol–water partition coefficient (Wildman–Crippen LogP) is 1.83. The standard InChI is InChI=1S/C19H26N4O3/c1-22-13-14(12-21-22)11-20-15-6-8-23(9-7-15)19(24)17-5-4-16(25-2)10-18(17)26-3/h4-5,10,12-13,15,20H,6-9,11H2,1-3H3. The number of aromatic nitrogens is 2. The van der Waals surface area contributed by atoms with Gasteiger partial charge in [0.05, 0.1) is 26.0 Å². The molecule has 26 heavy (non-hydrogen) atoms. The lowest BCUT2D eigenvalue weighted by molar-refractivity contribution is 0.0701. The second kappa shape index (κ2) is 8.23. The van der Waals surface area contributed by atoms with Crippen LogP contribution in [0.5, 0.6) is 11.5 Å². The van der Waals surface area contributed by atoms with Gasteiger partial charge in [0, 0.05) is 50.6 Å². The van der Waals surface area contributed by atoms with Crippen LogP contribution >= 0.6 is 0 Å². The zero-order chi connectivity index (χ0) is 18.5. The first-order valence-electron chi connectivity index (χ1n) is 8.83. The molecule has 1 aromatic carbocycles. The van der Waals surface area contributed by atoms with Crippen molar-refractivity contribution in [2.75, 3.05) is 27.3 Å². The Bertz CT molecular complexity index is 751. The SMILES string of the molecule is COc1ccc(C(=O)N2CCC(NCc3cnn(C)c3)CC2)c(OC)c1. The third kappa shape index (κ3) is 4.16. The van der Waals surface area contributed by atoms with Gasteiger partial charge in [-0.05, 0) is 25.0 Å². The van der Waals surface area contributed by atoms with E-state index in [1.54, 1.807) is 37.1 Å². The lowest BCUT2D eigenvalue weighted by Crippen LogP contribution is -2.44. The van der Waals surface area contributed by atoms with Crippen LogP contribution in [0.2, 0.25) is 0 Å². The third-order valence-electron chi connectivity index (χ3n) is 4.77. The Morgan fingerprint density at radius 3 is 2.65 bits per heavy atom. The second-order valence-corrected chi connectivity index (χ2v) is 6.54. The van der Waals surface area contributed by atoms with Crippen LogP contribution in [-0.4, -0.2) is 53.9 Å². The minimum atomic E-state index is 0.00946. The second-order valence-electron chi connectivity index (χ2n) is 6.54. The van der Waals surface area contributed by atoms with Crippen molar-refractivity contribution in [2.45, 2.75) is 25.4 Å². The molecule has 1 aliphatic heterocycles. The number of benzene rings is 1. The van der Waals surface area contributed by atoms with E-state index in [1.165, 1.54) is 5.56 Å². The van der Waals surface area contributed by atoms with Crippen LogP contribution in [0.4, 0.5) is 0 Å². The largest absolute Gasteiger partial charge is 0.497 e. The van der Waals surface area contributed by atoms with Gasteiger partial charge in [-0.2, -0.15) is 5.10 Å². The highest BCUT2D eigenvalue weighted by atomic mass is 16.5. The molecule has 3 rings (SSSR count). The average Bonchev–Trinajstić information content (AvgIpc) is 3.11. The van der Waals surface area contributed by atoms with Crippen LogP contribution in [-0.2, 0) is 13.6 Å².